The normalized spacial score (nSPS) is 10.7. The third kappa shape index (κ3) is 4.20. The second-order valence-electron chi connectivity index (χ2n) is 5.60. The fourth-order valence-electron chi connectivity index (χ4n) is 2.34. The molecule has 0 unspecified atom stereocenters. The predicted molar refractivity (Wildman–Crippen MR) is 110 cm³/mol. The van der Waals surface area contributed by atoms with E-state index in [2.05, 4.69) is 20.5 Å². The van der Waals surface area contributed by atoms with Crippen molar-refractivity contribution >= 4 is 34.8 Å². The maximum absolute atomic E-state index is 13.8. The van der Waals surface area contributed by atoms with Crippen LogP contribution < -0.4 is 11.0 Å². The van der Waals surface area contributed by atoms with Crippen LogP contribution in [0.4, 0.5) is 10.3 Å². The number of H-pyrrole nitrogens is 1. The molecule has 0 aliphatic heterocycles. The standard InChI is InChI=1S/C19H13FIN5O/c1-11-15(20)7-12(8-16(11)21)10-23-26-19-24-17(13-5-3-2-4-6-13)14(9-22)18(27)25-19/h2-8,10H,1H3,(H2,24,25,26,27). The summed E-state index contributed by atoms with van der Waals surface area (Å²) < 4.78 is 14.6. The number of benzene rings is 2. The number of anilines is 1. The summed E-state index contributed by atoms with van der Waals surface area (Å²) in [5.41, 5.74) is 4.01. The van der Waals surface area contributed by atoms with Crippen LogP contribution in [0, 0.1) is 27.6 Å². The average Bonchev–Trinajstić information content (AvgIpc) is 2.66. The van der Waals surface area contributed by atoms with E-state index in [0.717, 1.165) is 3.57 Å². The van der Waals surface area contributed by atoms with Gasteiger partial charge in [0.25, 0.3) is 5.56 Å². The van der Waals surface area contributed by atoms with Crippen molar-refractivity contribution in [2.75, 3.05) is 5.43 Å². The number of aromatic nitrogens is 2. The van der Waals surface area contributed by atoms with Crippen LogP contribution in [0.1, 0.15) is 16.7 Å². The lowest BCUT2D eigenvalue weighted by molar-refractivity contribution is 0.617. The number of aromatic amines is 1. The molecular weight excluding hydrogens is 460 g/mol. The largest absolute Gasteiger partial charge is 0.290 e. The van der Waals surface area contributed by atoms with Crippen molar-refractivity contribution < 1.29 is 4.39 Å². The molecule has 0 radical (unpaired) electrons. The number of hydrogen-bond donors (Lipinski definition) is 2. The number of nitriles is 1. The zero-order valence-electron chi connectivity index (χ0n) is 14.1. The van der Waals surface area contributed by atoms with E-state index < -0.39 is 5.56 Å². The van der Waals surface area contributed by atoms with Crippen molar-refractivity contribution in [2.24, 2.45) is 5.10 Å². The summed E-state index contributed by atoms with van der Waals surface area (Å²) >= 11 is 2.05. The summed E-state index contributed by atoms with van der Waals surface area (Å²) in [6, 6.07) is 13.9. The van der Waals surface area contributed by atoms with Gasteiger partial charge in [-0.3, -0.25) is 9.78 Å². The molecule has 1 heterocycles. The van der Waals surface area contributed by atoms with Gasteiger partial charge in [0.05, 0.1) is 11.9 Å². The van der Waals surface area contributed by atoms with Crippen LogP contribution in [0.15, 0.2) is 52.4 Å². The van der Waals surface area contributed by atoms with E-state index in [1.165, 1.54) is 12.3 Å². The van der Waals surface area contributed by atoms with Crippen molar-refractivity contribution in [1.29, 1.82) is 5.26 Å². The van der Waals surface area contributed by atoms with E-state index in [1.807, 2.05) is 34.7 Å². The second kappa shape index (κ2) is 8.09. The van der Waals surface area contributed by atoms with Crippen LogP contribution in [-0.4, -0.2) is 16.2 Å². The van der Waals surface area contributed by atoms with E-state index in [4.69, 9.17) is 0 Å². The molecule has 0 atom stereocenters. The maximum atomic E-state index is 13.8. The zero-order chi connectivity index (χ0) is 19.4. The first kappa shape index (κ1) is 18.7. The third-order valence-electron chi connectivity index (χ3n) is 3.77. The lowest BCUT2D eigenvalue weighted by Crippen LogP contribution is -2.16. The summed E-state index contributed by atoms with van der Waals surface area (Å²) in [7, 11) is 0. The molecule has 6 nitrogen and oxygen atoms in total. The van der Waals surface area contributed by atoms with Crippen LogP contribution >= 0.6 is 22.6 Å². The highest BCUT2D eigenvalue weighted by Gasteiger charge is 2.12. The number of halogens is 2. The van der Waals surface area contributed by atoms with Crippen molar-refractivity contribution in [3.8, 4) is 17.3 Å². The minimum Gasteiger partial charge on any atom is -0.290 e. The van der Waals surface area contributed by atoms with Crippen LogP contribution in [0.2, 0.25) is 0 Å². The summed E-state index contributed by atoms with van der Waals surface area (Å²) in [4.78, 5) is 18.9. The van der Waals surface area contributed by atoms with Gasteiger partial charge < -0.3 is 0 Å². The Hall–Kier alpha value is -3.06. The lowest BCUT2D eigenvalue weighted by atomic mass is 10.1. The molecule has 0 saturated heterocycles. The Morgan fingerprint density at radius 3 is 2.74 bits per heavy atom. The molecule has 0 saturated carbocycles. The quantitative estimate of drug-likeness (QED) is 0.343. The fourth-order valence-corrected chi connectivity index (χ4v) is 2.96. The monoisotopic (exact) mass is 473 g/mol. The predicted octanol–water partition coefficient (Wildman–Crippen LogP) is 3.81. The fraction of sp³-hybridized carbons (Fsp3) is 0.0526. The Morgan fingerprint density at radius 2 is 2.07 bits per heavy atom. The topological polar surface area (TPSA) is 93.9 Å². The molecule has 0 bridgehead atoms. The molecule has 0 spiro atoms. The zero-order valence-corrected chi connectivity index (χ0v) is 16.3. The number of rotatable bonds is 4. The van der Waals surface area contributed by atoms with Crippen molar-refractivity contribution in [3.05, 3.63) is 78.9 Å². The van der Waals surface area contributed by atoms with Gasteiger partial charge in [-0.2, -0.15) is 10.4 Å². The Bertz CT molecular complexity index is 1100. The van der Waals surface area contributed by atoms with Gasteiger partial charge in [0.1, 0.15) is 17.4 Å². The molecule has 27 heavy (non-hydrogen) atoms. The molecule has 2 aromatic carbocycles. The second-order valence-corrected chi connectivity index (χ2v) is 6.76. The summed E-state index contributed by atoms with van der Waals surface area (Å²) in [5.74, 6) is -0.240. The molecule has 1 aromatic heterocycles. The first-order valence-electron chi connectivity index (χ1n) is 7.84. The minimum absolute atomic E-state index is 0.0779. The van der Waals surface area contributed by atoms with Crippen LogP contribution in [-0.2, 0) is 0 Å². The molecule has 0 fully saturated rings. The van der Waals surface area contributed by atoms with Gasteiger partial charge >= 0.3 is 0 Å². The molecular formula is C19H13FIN5O. The van der Waals surface area contributed by atoms with E-state index in [0.29, 0.717) is 16.7 Å². The number of hydrogen-bond acceptors (Lipinski definition) is 5. The first-order chi connectivity index (χ1) is 13.0. The van der Waals surface area contributed by atoms with E-state index >= 15 is 0 Å². The first-order valence-corrected chi connectivity index (χ1v) is 8.92. The van der Waals surface area contributed by atoms with Crippen LogP contribution in [0.5, 0.6) is 0 Å². The molecule has 3 aromatic rings. The highest BCUT2D eigenvalue weighted by Crippen LogP contribution is 2.19. The minimum atomic E-state index is -0.569. The number of nitrogens with zero attached hydrogens (tertiary/aromatic N) is 3. The van der Waals surface area contributed by atoms with Crippen molar-refractivity contribution in [1.82, 2.24) is 9.97 Å². The molecule has 0 aliphatic carbocycles. The SMILES string of the molecule is Cc1c(F)cc(C=NNc2nc(-c3ccccc3)c(C#N)c(=O)[nH]2)cc1I. The van der Waals surface area contributed by atoms with Gasteiger partial charge in [-0.1, -0.05) is 30.3 Å². The van der Waals surface area contributed by atoms with Gasteiger partial charge in [-0.25, -0.2) is 14.8 Å². The highest BCUT2D eigenvalue weighted by atomic mass is 127. The van der Waals surface area contributed by atoms with E-state index in [9.17, 15) is 14.4 Å². The van der Waals surface area contributed by atoms with Gasteiger partial charge in [0.15, 0.2) is 0 Å². The van der Waals surface area contributed by atoms with Crippen molar-refractivity contribution in [2.45, 2.75) is 6.92 Å². The van der Waals surface area contributed by atoms with Gasteiger partial charge in [0.2, 0.25) is 5.95 Å². The number of nitrogens with one attached hydrogen (secondary N) is 2. The highest BCUT2D eigenvalue weighted by molar-refractivity contribution is 14.1. The lowest BCUT2D eigenvalue weighted by Gasteiger charge is -2.06. The van der Waals surface area contributed by atoms with Crippen LogP contribution in [0.3, 0.4) is 0 Å². The third-order valence-corrected chi connectivity index (χ3v) is 4.89. The Labute approximate surface area is 167 Å². The molecule has 0 amide bonds. The molecule has 134 valence electrons. The average molecular weight is 473 g/mol. The van der Waals surface area contributed by atoms with Gasteiger partial charge in [-0.05, 0) is 52.8 Å². The van der Waals surface area contributed by atoms with E-state index in [-0.39, 0.29) is 23.0 Å². The molecule has 8 heteroatoms. The molecule has 3 rings (SSSR count). The Kier molecular flexibility index (Phi) is 5.61. The van der Waals surface area contributed by atoms with Crippen LogP contribution in [0.25, 0.3) is 11.3 Å². The van der Waals surface area contributed by atoms with Gasteiger partial charge in [-0.15, -0.1) is 0 Å². The summed E-state index contributed by atoms with van der Waals surface area (Å²) in [6.07, 6.45) is 1.42. The molecule has 0 aliphatic rings. The number of hydrazone groups is 1. The van der Waals surface area contributed by atoms with Gasteiger partial charge in [0, 0.05) is 9.13 Å². The Morgan fingerprint density at radius 1 is 1.33 bits per heavy atom. The Balaban J connectivity index is 1.91. The van der Waals surface area contributed by atoms with E-state index in [1.54, 1.807) is 37.3 Å². The molecule has 2 N–H and O–H groups in total. The van der Waals surface area contributed by atoms with Crippen molar-refractivity contribution in [3.63, 3.8) is 0 Å². The summed E-state index contributed by atoms with van der Waals surface area (Å²) in [5, 5.41) is 13.2. The summed E-state index contributed by atoms with van der Waals surface area (Å²) in [6.45, 7) is 1.70. The smallest absolute Gasteiger partial charge is 0.270 e. The maximum Gasteiger partial charge on any atom is 0.270 e.